The highest BCUT2D eigenvalue weighted by Gasteiger charge is 2.83. The van der Waals surface area contributed by atoms with Crippen LogP contribution < -0.4 is 0 Å². The van der Waals surface area contributed by atoms with E-state index in [1.807, 2.05) is 13.8 Å². The summed E-state index contributed by atoms with van der Waals surface area (Å²) in [5.74, 6) is -0.376. The fraction of sp³-hybridized carbons (Fsp3) is 0.852. The van der Waals surface area contributed by atoms with E-state index < -0.39 is 23.4 Å². The monoisotopic (exact) mass is 490 g/mol. The first-order chi connectivity index (χ1) is 16.7. The lowest BCUT2D eigenvalue weighted by molar-refractivity contribution is -0.376. The maximum Gasteiger partial charge on any atom is 0.310 e. The van der Waals surface area contributed by atoms with Crippen LogP contribution in [0.1, 0.15) is 66.7 Å². The Labute approximate surface area is 207 Å². The van der Waals surface area contributed by atoms with Gasteiger partial charge in [0.25, 0.3) is 0 Å². The first-order valence-corrected chi connectivity index (χ1v) is 13.3. The summed E-state index contributed by atoms with van der Waals surface area (Å²) >= 11 is 0. The lowest BCUT2D eigenvalue weighted by Gasteiger charge is -2.69. The van der Waals surface area contributed by atoms with Gasteiger partial charge in [0.1, 0.15) is 17.1 Å². The quantitative estimate of drug-likeness (QED) is 0.425. The number of hydrogen-bond acceptors (Lipinski definition) is 8. The zero-order valence-electron chi connectivity index (χ0n) is 21.4. The predicted molar refractivity (Wildman–Crippen MR) is 122 cm³/mol. The zero-order chi connectivity index (χ0) is 24.8. The van der Waals surface area contributed by atoms with Crippen molar-refractivity contribution in [2.45, 2.75) is 103 Å². The highest BCUT2D eigenvalue weighted by Crippen LogP contribution is 2.74. The molecule has 0 aromatic heterocycles. The number of carbonyl (C=O) groups is 2. The smallest absolute Gasteiger partial charge is 0.310 e. The molecule has 5 heterocycles. The molecule has 0 N–H and O–H groups in total. The highest BCUT2D eigenvalue weighted by molar-refractivity contribution is 5.72. The van der Waals surface area contributed by atoms with E-state index in [0.717, 1.165) is 19.3 Å². The van der Waals surface area contributed by atoms with Gasteiger partial charge in [-0.1, -0.05) is 27.7 Å². The molecular weight excluding hydrogens is 452 g/mol. The summed E-state index contributed by atoms with van der Waals surface area (Å²) in [6.07, 6.45) is 5.91. The normalized spacial score (nSPS) is 51.9. The molecule has 2 bridgehead atoms. The highest BCUT2D eigenvalue weighted by atomic mass is 16.7. The van der Waals surface area contributed by atoms with Crippen LogP contribution in [0.15, 0.2) is 12.3 Å². The Hall–Kier alpha value is -1.64. The first-order valence-electron chi connectivity index (χ1n) is 13.3. The van der Waals surface area contributed by atoms with E-state index in [2.05, 4.69) is 19.9 Å². The fourth-order valence-electron chi connectivity index (χ4n) is 8.18. The van der Waals surface area contributed by atoms with Gasteiger partial charge in [-0.05, 0) is 43.6 Å². The van der Waals surface area contributed by atoms with Crippen LogP contribution in [0.4, 0.5) is 0 Å². The van der Waals surface area contributed by atoms with Crippen LogP contribution in [-0.4, -0.2) is 55.0 Å². The van der Waals surface area contributed by atoms with Gasteiger partial charge in [-0.15, -0.1) is 0 Å². The number of ether oxygens (including phenoxy) is 6. The molecule has 7 aliphatic rings. The molecule has 8 heteroatoms. The summed E-state index contributed by atoms with van der Waals surface area (Å²) in [5.41, 5.74) is -1.57. The summed E-state index contributed by atoms with van der Waals surface area (Å²) in [6, 6.07) is 0. The van der Waals surface area contributed by atoms with Crippen molar-refractivity contribution >= 4 is 11.9 Å². The van der Waals surface area contributed by atoms with Gasteiger partial charge in [-0.2, -0.15) is 0 Å². The Kier molecular flexibility index (Phi) is 5.38. The Morgan fingerprint density at radius 2 is 1.94 bits per heavy atom. The molecule has 2 aliphatic carbocycles. The third-order valence-corrected chi connectivity index (χ3v) is 10.4. The summed E-state index contributed by atoms with van der Waals surface area (Å²) in [4.78, 5) is 25.4. The van der Waals surface area contributed by atoms with Crippen molar-refractivity contribution in [1.82, 2.24) is 0 Å². The molecular formula is C27H38O8. The minimum Gasteiger partial charge on any atom is -0.472 e. The molecule has 194 valence electrons. The summed E-state index contributed by atoms with van der Waals surface area (Å²) < 4.78 is 37.3. The SMILES string of the molecule is CC[C@H](C)C(=O)O[C@H]1O[C@@H]2C[C@@H]3[C@@](C)([C@@H]4C[C@H]5C=CO[C@H]5O4)[C@H](C)C[C@H](OC(C)=O)[C@]13[C@@]1(CO1)C2. The number of hydrogen-bond donors (Lipinski definition) is 0. The minimum absolute atomic E-state index is 0.0284. The van der Waals surface area contributed by atoms with E-state index in [1.54, 1.807) is 6.26 Å². The van der Waals surface area contributed by atoms with Gasteiger partial charge in [0, 0.05) is 24.7 Å². The van der Waals surface area contributed by atoms with Crippen LogP contribution in [0.25, 0.3) is 0 Å². The molecule has 0 aromatic rings. The van der Waals surface area contributed by atoms with Crippen molar-refractivity contribution in [1.29, 1.82) is 0 Å². The fourth-order valence-corrected chi connectivity index (χ4v) is 8.18. The maximum absolute atomic E-state index is 13.1. The zero-order valence-corrected chi connectivity index (χ0v) is 21.4. The molecule has 4 saturated heterocycles. The van der Waals surface area contributed by atoms with Crippen molar-refractivity contribution in [2.75, 3.05) is 6.61 Å². The van der Waals surface area contributed by atoms with Crippen LogP contribution in [0.5, 0.6) is 0 Å². The Morgan fingerprint density at radius 3 is 2.60 bits per heavy atom. The maximum atomic E-state index is 13.1. The van der Waals surface area contributed by atoms with Gasteiger partial charge in [0.15, 0.2) is 0 Å². The molecule has 2 saturated carbocycles. The Morgan fingerprint density at radius 1 is 1.17 bits per heavy atom. The number of epoxide rings is 1. The molecule has 2 spiro atoms. The van der Waals surface area contributed by atoms with Gasteiger partial charge in [-0.3, -0.25) is 9.59 Å². The predicted octanol–water partition coefficient (Wildman–Crippen LogP) is 3.72. The third kappa shape index (κ3) is 3.15. The average molecular weight is 491 g/mol. The minimum atomic E-state index is -0.822. The lowest BCUT2D eigenvalue weighted by atomic mass is 9.40. The first kappa shape index (κ1) is 23.7. The van der Waals surface area contributed by atoms with E-state index in [9.17, 15) is 9.59 Å². The van der Waals surface area contributed by atoms with Crippen LogP contribution in [-0.2, 0) is 38.0 Å². The molecule has 35 heavy (non-hydrogen) atoms. The summed E-state index contributed by atoms with van der Waals surface area (Å²) in [7, 11) is 0. The molecule has 8 nitrogen and oxygen atoms in total. The standard InChI is InChI=1S/C27H38O8/c1-6-14(2)22(29)35-24-27-19(11-18(33-24)12-26(27)13-31-26)25(5,15(3)9-21(27)32-16(4)28)20-10-17-7-8-30-23(17)34-20/h7-8,14-15,17-21,23-24H,6,9-13H2,1-5H3/t14-,15+,17+,18+,19+,20-,21-,23-,24+,25-,26-,27-/m0/s1. The topological polar surface area (TPSA) is 92.8 Å². The van der Waals surface area contributed by atoms with Crippen LogP contribution >= 0.6 is 0 Å². The second kappa shape index (κ2) is 7.93. The van der Waals surface area contributed by atoms with Crippen molar-refractivity contribution in [3.8, 4) is 0 Å². The molecule has 6 fully saturated rings. The number of esters is 2. The van der Waals surface area contributed by atoms with Crippen LogP contribution in [0, 0.1) is 34.5 Å². The van der Waals surface area contributed by atoms with Crippen molar-refractivity contribution in [3.05, 3.63) is 12.3 Å². The van der Waals surface area contributed by atoms with Gasteiger partial charge in [-0.25, -0.2) is 0 Å². The molecule has 0 amide bonds. The van der Waals surface area contributed by atoms with Crippen LogP contribution in [0.3, 0.4) is 0 Å². The average Bonchev–Trinajstić information content (AvgIpc) is 3.23. The molecule has 0 aromatic carbocycles. The lowest BCUT2D eigenvalue weighted by Crippen LogP contribution is -2.77. The van der Waals surface area contributed by atoms with Gasteiger partial charge < -0.3 is 28.4 Å². The van der Waals surface area contributed by atoms with Crippen molar-refractivity contribution in [3.63, 3.8) is 0 Å². The second-order valence-electron chi connectivity index (χ2n) is 12.0. The van der Waals surface area contributed by atoms with E-state index in [4.69, 9.17) is 28.4 Å². The van der Waals surface area contributed by atoms with Gasteiger partial charge in [0.05, 0.1) is 31.0 Å². The largest absolute Gasteiger partial charge is 0.472 e. The molecule has 12 atom stereocenters. The van der Waals surface area contributed by atoms with Crippen LogP contribution in [0.2, 0.25) is 0 Å². The molecule has 0 radical (unpaired) electrons. The van der Waals surface area contributed by atoms with E-state index in [0.29, 0.717) is 19.4 Å². The summed E-state index contributed by atoms with van der Waals surface area (Å²) in [6.45, 7) is 10.4. The van der Waals surface area contributed by atoms with Gasteiger partial charge in [0.2, 0.25) is 12.6 Å². The number of fused-ring (bicyclic) bond motifs is 2. The Balaban J connectivity index is 1.45. The van der Waals surface area contributed by atoms with E-state index in [1.165, 1.54) is 6.92 Å². The third-order valence-electron chi connectivity index (χ3n) is 10.4. The number of carbonyl (C=O) groups excluding carboxylic acids is 2. The van der Waals surface area contributed by atoms with Crippen molar-refractivity contribution in [2.24, 2.45) is 34.5 Å². The molecule has 0 unspecified atom stereocenters. The second-order valence-corrected chi connectivity index (χ2v) is 12.0. The van der Waals surface area contributed by atoms with E-state index in [-0.39, 0.29) is 59.5 Å². The summed E-state index contributed by atoms with van der Waals surface area (Å²) in [5, 5.41) is 0. The van der Waals surface area contributed by atoms with Crippen molar-refractivity contribution < 1.29 is 38.0 Å². The number of rotatable bonds is 5. The van der Waals surface area contributed by atoms with Gasteiger partial charge >= 0.3 is 11.9 Å². The Bertz CT molecular complexity index is 928. The molecule has 5 aliphatic heterocycles. The van der Waals surface area contributed by atoms with E-state index >= 15 is 0 Å². The molecule has 7 rings (SSSR count).